The summed E-state index contributed by atoms with van der Waals surface area (Å²) in [5.74, 6) is 1.26. The number of benzene rings is 2. The Labute approximate surface area is 168 Å². The molecule has 0 bridgehead atoms. The van der Waals surface area contributed by atoms with Gasteiger partial charge in [-0.25, -0.2) is 4.39 Å². The van der Waals surface area contributed by atoms with E-state index in [0.717, 1.165) is 42.2 Å². The molecule has 152 valence electrons. The van der Waals surface area contributed by atoms with Gasteiger partial charge in [-0.2, -0.15) is 0 Å². The number of piperazine rings is 1. The van der Waals surface area contributed by atoms with E-state index < -0.39 is 0 Å². The zero-order chi connectivity index (χ0) is 20.4. The van der Waals surface area contributed by atoms with Crippen LogP contribution in [0.3, 0.4) is 0 Å². The summed E-state index contributed by atoms with van der Waals surface area (Å²) in [5.41, 5.74) is 2.32. The van der Waals surface area contributed by atoms with E-state index in [1.165, 1.54) is 12.1 Å². The van der Waals surface area contributed by atoms with Crippen molar-refractivity contribution in [3.8, 4) is 11.5 Å². The van der Waals surface area contributed by atoms with Gasteiger partial charge in [0.1, 0.15) is 23.0 Å². The summed E-state index contributed by atoms with van der Waals surface area (Å²) < 4.78 is 24.2. The van der Waals surface area contributed by atoms with Crippen LogP contribution in [0.25, 0.3) is 10.9 Å². The molecular formula is C22H24FN3O3. The monoisotopic (exact) mass is 397 g/mol. The first kappa shape index (κ1) is 19.3. The Balaban J connectivity index is 1.40. The lowest BCUT2D eigenvalue weighted by molar-refractivity contribution is 0.0622. The largest absolute Gasteiger partial charge is 0.497 e. The molecule has 0 aliphatic carbocycles. The minimum Gasteiger partial charge on any atom is -0.497 e. The van der Waals surface area contributed by atoms with Crippen LogP contribution in [0, 0.1) is 5.82 Å². The second-order valence-electron chi connectivity index (χ2n) is 7.16. The zero-order valence-corrected chi connectivity index (χ0v) is 16.6. The molecule has 1 aliphatic heterocycles. The standard InChI is InChI=1S/C22H24FN3O3/c1-28-18-4-6-21(29-2)16(12-18)14-25-7-9-26(10-8-25)22(27)20-13-15-11-17(23)3-5-19(15)24-20/h3-6,11-13,24H,7-10,14H2,1-2H3. The number of methoxy groups -OCH3 is 2. The molecule has 7 heteroatoms. The van der Waals surface area contributed by atoms with Crippen LogP contribution in [0.4, 0.5) is 4.39 Å². The van der Waals surface area contributed by atoms with Gasteiger partial charge in [0.05, 0.1) is 14.2 Å². The lowest BCUT2D eigenvalue weighted by atomic mass is 10.1. The molecule has 29 heavy (non-hydrogen) atoms. The molecule has 2 heterocycles. The van der Waals surface area contributed by atoms with Gasteiger partial charge < -0.3 is 19.4 Å². The van der Waals surface area contributed by atoms with E-state index in [1.807, 2.05) is 23.1 Å². The fraction of sp³-hybridized carbons (Fsp3) is 0.318. The van der Waals surface area contributed by atoms with Gasteiger partial charge >= 0.3 is 0 Å². The first-order chi connectivity index (χ1) is 14.1. The van der Waals surface area contributed by atoms with E-state index in [0.29, 0.717) is 24.2 Å². The van der Waals surface area contributed by atoms with E-state index in [1.54, 1.807) is 26.4 Å². The molecule has 2 aromatic carbocycles. The first-order valence-corrected chi connectivity index (χ1v) is 9.58. The fourth-order valence-electron chi connectivity index (χ4n) is 3.74. The molecule has 1 N–H and O–H groups in total. The summed E-state index contributed by atoms with van der Waals surface area (Å²) in [7, 11) is 3.31. The van der Waals surface area contributed by atoms with Gasteiger partial charge in [-0.3, -0.25) is 9.69 Å². The predicted octanol–water partition coefficient (Wildman–Crippen LogP) is 3.28. The number of halogens is 1. The number of hydrogen-bond donors (Lipinski definition) is 1. The number of nitrogens with zero attached hydrogens (tertiary/aromatic N) is 2. The molecule has 1 fully saturated rings. The van der Waals surface area contributed by atoms with Gasteiger partial charge in [0.2, 0.25) is 0 Å². The van der Waals surface area contributed by atoms with Crippen LogP contribution in [0.2, 0.25) is 0 Å². The number of amides is 1. The number of nitrogens with one attached hydrogen (secondary N) is 1. The average molecular weight is 397 g/mol. The van der Waals surface area contributed by atoms with Gasteiger partial charge in [0.25, 0.3) is 5.91 Å². The van der Waals surface area contributed by atoms with E-state index in [2.05, 4.69) is 9.88 Å². The molecule has 1 amide bonds. The Bertz CT molecular complexity index is 1030. The van der Waals surface area contributed by atoms with Crippen molar-refractivity contribution in [1.82, 2.24) is 14.8 Å². The normalized spacial score (nSPS) is 14.9. The molecule has 0 unspecified atom stereocenters. The molecule has 0 saturated carbocycles. The predicted molar refractivity (Wildman–Crippen MR) is 109 cm³/mol. The highest BCUT2D eigenvalue weighted by Gasteiger charge is 2.24. The number of H-pyrrole nitrogens is 1. The lowest BCUT2D eigenvalue weighted by Gasteiger charge is -2.34. The summed E-state index contributed by atoms with van der Waals surface area (Å²) in [5, 5.41) is 0.706. The molecular weight excluding hydrogens is 373 g/mol. The summed E-state index contributed by atoms with van der Waals surface area (Å²) in [6.45, 7) is 3.53. The summed E-state index contributed by atoms with van der Waals surface area (Å²) in [6, 6.07) is 12.0. The van der Waals surface area contributed by atoms with Crippen molar-refractivity contribution in [2.24, 2.45) is 0 Å². The highest BCUT2D eigenvalue weighted by atomic mass is 19.1. The van der Waals surface area contributed by atoms with E-state index in [9.17, 15) is 9.18 Å². The van der Waals surface area contributed by atoms with Crippen LogP contribution in [-0.2, 0) is 6.54 Å². The van der Waals surface area contributed by atoms with Crippen LogP contribution >= 0.6 is 0 Å². The van der Waals surface area contributed by atoms with Gasteiger partial charge in [-0.15, -0.1) is 0 Å². The van der Waals surface area contributed by atoms with Crippen molar-refractivity contribution in [3.63, 3.8) is 0 Å². The summed E-state index contributed by atoms with van der Waals surface area (Å²) >= 11 is 0. The van der Waals surface area contributed by atoms with Gasteiger partial charge in [0.15, 0.2) is 0 Å². The smallest absolute Gasteiger partial charge is 0.270 e. The Kier molecular flexibility index (Phi) is 5.40. The van der Waals surface area contributed by atoms with E-state index in [4.69, 9.17) is 9.47 Å². The van der Waals surface area contributed by atoms with E-state index >= 15 is 0 Å². The lowest BCUT2D eigenvalue weighted by Crippen LogP contribution is -2.48. The summed E-state index contributed by atoms with van der Waals surface area (Å²) in [4.78, 5) is 20.1. The second kappa shape index (κ2) is 8.13. The molecule has 0 spiro atoms. The summed E-state index contributed by atoms with van der Waals surface area (Å²) in [6.07, 6.45) is 0. The molecule has 6 nitrogen and oxygen atoms in total. The highest BCUT2D eigenvalue weighted by molar-refractivity contribution is 5.98. The maximum Gasteiger partial charge on any atom is 0.270 e. The minimum absolute atomic E-state index is 0.0554. The Morgan fingerprint density at radius 1 is 1.03 bits per heavy atom. The number of fused-ring (bicyclic) bond motifs is 1. The topological polar surface area (TPSA) is 57.8 Å². The number of carbonyl (C=O) groups is 1. The number of carbonyl (C=O) groups excluding carboxylic acids is 1. The fourth-order valence-corrected chi connectivity index (χ4v) is 3.74. The van der Waals surface area contributed by atoms with Crippen LogP contribution in [0.5, 0.6) is 11.5 Å². The van der Waals surface area contributed by atoms with Crippen molar-refractivity contribution in [1.29, 1.82) is 0 Å². The van der Waals surface area contributed by atoms with Crippen LogP contribution in [-0.4, -0.2) is 61.1 Å². The number of ether oxygens (including phenoxy) is 2. The second-order valence-corrected chi connectivity index (χ2v) is 7.16. The van der Waals surface area contributed by atoms with Crippen molar-refractivity contribution in [2.75, 3.05) is 40.4 Å². The van der Waals surface area contributed by atoms with Gasteiger partial charge in [-0.05, 0) is 42.5 Å². The van der Waals surface area contributed by atoms with Crippen molar-refractivity contribution < 1.29 is 18.7 Å². The van der Waals surface area contributed by atoms with Crippen LogP contribution in [0.1, 0.15) is 16.1 Å². The van der Waals surface area contributed by atoms with Crippen LogP contribution < -0.4 is 9.47 Å². The Morgan fingerprint density at radius 3 is 2.55 bits per heavy atom. The Hall–Kier alpha value is -3.06. The number of aromatic amines is 1. The third kappa shape index (κ3) is 4.05. The minimum atomic E-state index is -0.308. The Morgan fingerprint density at radius 2 is 1.83 bits per heavy atom. The van der Waals surface area contributed by atoms with E-state index in [-0.39, 0.29) is 11.7 Å². The number of hydrogen-bond acceptors (Lipinski definition) is 4. The number of aromatic nitrogens is 1. The van der Waals surface area contributed by atoms with Gasteiger partial charge in [0, 0.05) is 49.2 Å². The highest BCUT2D eigenvalue weighted by Crippen LogP contribution is 2.26. The molecule has 1 aromatic heterocycles. The molecule has 0 radical (unpaired) electrons. The molecule has 3 aromatic rings. The SMILES string of the molecule is COc1ccc(OC)c(CN2CCN(C(=O)c3cc4cc(F)ccc4[nH]3)CC2)c1. The molecule has 1 saturated heterocycles. The zero-order valence-electron chi connectivity index (χ0n) is 16.6. The molecule has 0 atom stereocenters. The van der Waals surface area contributed by atoms with Crippen molar-refractivity contribution >= 4 is 16.8 Å². The first-order valence-electron chi connectivity index (χ1n) is 9.58. The third-order valence-electron chi connectivity index (χ3n) is 5.35. The maximum atomic E-state index is 13.4. The molecule has 4 rings (SSSR count). The number of rotatable bonds is 5. The van der Waals surface area contributed by atoms with Crippen molar-refractivity contribution in [3.05, 3.63) is 59.5 Å². The maximum absolute atomic E-state index is 13.4. The van der Waals surface area contributed by atoms with Crippen LogP contribution in [0.15, 0.2) is 42.5 Å². The van der Waals surface area contributed by atoms with Crippen molar-refractivity contribution in [2.45, 2.75) is 6.54 Å². The van der Waals surface area contributed by atoms with Gasteiger partial charge in [-0.1, -0.05) is 0 Å². The molecule has 1 aliphatic rings. The quantitative estimate of drug-likeness (QED) is 0.718. The third-order valence-corrected chi connectivity index (χ3v) is 5.35. The average Bonchev–Trinajstić information content (AvgIpc) is 3.17.